The minimum Gasteiger partial charge on any atom is -0.397 e. The minimum absolute atomic E-state index is 0.00356. The quantitative estimate of drug-likeness (QED) is 0.366. The molecule has 0 fully saturated rings. The van der Waals surface area contributed by atoms with Gasteiger partial charge in [0.25, 0.3) is 0 Å². The first-order chi connectivity index (χ1) is 14.2. The number of hydrogen-bond donors (Lipinski definition) is 2. The van der Waals surface area contributed by atoms with E-state index < -0.39 is 0 Å². The van der Waals surface area contributed by atoms with Gasteiger partial charge in [-0.05, 0) is 56.0 Å². The molecule has 176 valence electrons. The third kappa shape index (κ3) is 5.70. The minimum atomic E-state index is -0.127. The van der Waals surface area contributed by atoms with Gasteiger partial charge in [-0.2, -0.15) is 0 Å². The Morgan fingerprint density at radius 3 is 0.969 bits per heavy atom. The lowest BCUT2D eigenvalue weighted by molar-refractivity contribution is 0.567. The van der Waals surface area contributed by atoms with E-state index >= 15 is 0 Å². The predicted molar refractivity (Wildman–Crippen MR) is 141 cm³/mol. The second-order valence-corrected chi connectivity index (χ2v) is 13.1. The first-order valence-electron chi connectivity index (χ1n) is 11.5. The number of hydrogen-bond acceptors (Lipinski definition) is 4. The maximum absolute atomic E-state index is 6.54. The Bertz CT molecular complexity index is 934. The van der Waals surface area contributed by atoms with Crippen LogP contribution in [0.5, 0.6) is 0 Å². The molecule has 4 nitrogen and oxygen atoms in total. The molecule has 32 heavy (non-hydrogen) atoms. The van der Waals surface area contributed by atoms with Crippen LogP contribution in [0.1, 0.15) is 105 Å². The van der Waals surface area contributed by atoms with Crippen molar-refractivity contribution in [3.8, 4) is 0 Å². The Labute approximate surface area is 195 Å². The molecule has 0 radical (unpaired) electrons. The largest absolute Gasteiger partial charge is 0.397 e. The summed E-state index contributed by atoms with van der Waals surface area (Å²) in [6.07, 6.45) is 0. The van der Waals surface area contributed by atoms with Crippen LogP contribution in [-0.4, -0.2) is 0 Å². The van der Waals surface area contributed by atoms with Crippen LogP contribution in [0, 0.1) is 0 Å². The lowest BCUT2D eigenvalue weighted by atomic mass is 9.79. The lowest BCUT2D eigenvalue weighted by Crippen LogP contribution is -2.18. The lowest BCUT2D eigenvalue weighted by Gasteiger charge is -2.28. The van der Waals surface area contributed by atoms with E-state index in [1.165, 1.54) is 11.1 Å². The molecular weight excluding hydrogens is 392 g/mol. The van der Waals surface area contributed by atoms with Crippen LogP contribution in [0.25, 0.3) is 0 Å². The summed E-state index contributed by atoms with van der Waals surface area (Å²) in [6.45, 7) is 26.3. The van der Waals surface area contributed by atoms with E-state index in [4.69, 9.17) is 21.7 Å². The van der Waals surface area contributed by atoms with E-state index in [0.29, 0.717) is 11.4 Å². The van der Waals surface area contributed by atoms with Crippen LogP contribution >= 0.6 is 0 Å². The monoisotopic (exact) mass is 436 g/mol. The normalized spacial score (nSPS) is 13.8. The van der Waals surface area contributed by atoms with Crippen LogP contribution in [-0.2, 0) is 21.7 Å². The van der Waals surface area contributed by atoms with Gasteiger partial charge in [-0.1, -0.05) is 95.2 Å². The fourth-order valence-electron chi connectivity index (χ4n) is 3.65. The van der Waals surface area contributed by atoms with Gasteiger partial charge in [-0.15, -0.1) is 10.2 Å². The fourth-order valence-corrected chi connectivity index (χ4v) is 3.65. The SMILES string of the molecule is CC(C)(C)c1cc(N)c(N=Nc2c(N)cc(C(C)(C)C)cc2C(C)(C)C)c(C(C)(C)C)c1. The summed E-state index contributed by atoms with van der Waals surface area (Å²) in [6, 6.07) is 8.50. The molecule has 4 heteroatoms. The molecule has 0 spiro atoms. The summed E-state index contributed by atoms with van der Waals surface area (Å²) in [5.74, 6) is 0. The second-order valence-electron chi connectivity index (χ2n) is 13.1. The number of nitrogen functional groups attached to an aromatic ring is 2. The Balaban J connectivity index is 2.76. The molecule has 2 aromatic carbocycles. The summed E-state index contributed by atoms with van der Waals surface area (Å²) in [5.41, 5.74) is 20.1. The zero-order valence-electron chi connectivity index (χ0n) is 22.4. The van der Waals surface area contributed by atoms with Crippen molar-refractivity contribution >= 4 is 22.7 Å². The first kappa shape index (κ1) is 25.9. The molecule has 0 unspecified atom stereocenters. The van der Waals surface area contributed by atoms with E-state index in [2.05, 4.69) is 95.2 Å². The number of azo groups is 1. The third-order valence-corrected chi connectivity index (χ3v) is 5.88. The van der Waals surface area contributed by atoms with Crippen molar-refractivity contribution in [1.82, 2.24) is 0 Å². The number of rotatable bonds is 2. The van der Waals surface area contributed by atoms with E-state index in [0.717, 1.165) is 22.5 Å². The van der Waals surface area contributed by atoms with Gasteiger partial charge < -0.3 is 11.5 Å². The van der Waals surface area contributed by atoms with Crippen LogP contribution in [0.2, 0.25) is 0 Å². The van der Waals surface area contributed by atoms with Crippen LogP contribution in [0.15, 0.2) is 34.5 Å². The summed E-state index contributed by atoms with van der Waals surface area (Å²) in [5, 5.41) is 9.42. The Morgan fingerprint density at radius 2 is 0.750 bits per heavy atom. The highest BCUT2D eigenvalue weighted by atomic mass is 15.1. The zero-order valence-corrected chi connectivity index (χ0v) is 22.4. The standard InChI is InChI=1S/C28H44N4/c1-25(2,3)17-13-19(27(7,8)9)23(21(29)15-17)31-32-24-20(28(10,11)12)14-18(16-22(24)30)26(4,5)6/h13-16H,29-30H2,1-12H3. The summed E-state index contributed by atoms with van der Waals surface area (Å²) < 4.78 is 0. The highest BCUT2D eigenvalue weighted by molar-refractivity contribution is 5.73. The van der Waals surface area contributed by atoms with E-state index in [1.54, 1.807) is 0 Å². The predicted octanol–water partition coefficient (Wildman–Crippen LogP) is 8.46. The molecule has 0 amide bonds. The van der Waals surface area contributed by atoms with Gasteiger partial charge in [-0.25, -0.2) is 0 Å². The van der Waals surface area contributed by atoms with Crippen molar-refractivity contribution in [3.63, 3.8) is 0 Å². The van der Waals surface area contributed by atoms with Gasteiger partial charge in [0, 0.05) is 0 Å². The van der Waals surface area contributed by atoms with Crippen molar-refractivity contribution < 1.29 is 0 Å². The average Bonchev–Trinajstić information content (AvgIpc) is 2.57. The van der Waals surface area contributed by atoms with Crippen LogP contribution in [0.4, 0.5) is 22.7 Å². The Kier molecular flexibility index (Phi) is 6.64. The molecule has 0 aliphatic rings. The molecule has 0 aliphatic carbocycles. The molecular formula is C28H44N4. The number of nitrogens with two attached hydrogens (primary N) is 2. The van der Waals surface area contributed by atoms with E-state index in [1.807, 2.05) is 12.1 Å². The molecule has 0 aliphatic heterocycles. The van der Waals surface area contributed by atoms with Crippen molar-refractivity contribution in [2.75, 3.05) is 11.5 Å². The first-order valence-corrected chi connectivity index (χ1v) is 11.5. The van der Waals surface area contributed by atoms with Gasteiger partial charge in [0.15, 0.2) is 0 Å². The van der Waals surface area contributed by atoms with Gasteiger partial charge >= 0.3 is 0 Å². The number of benzene rings is 2. The summed E-state index contributed by atoms with van der Waals surface area (Å²) in [4.78, 5) is 0. The molecule has 0 saturated heterocycles. The van der Waals surface area contributed by atoms with E-state index in [-0.39, 0.29) is 21.7 Å². The van der Waals surface area contributed by atoms with Gasteiger partial charge in [-0.3, -0.25) is 0 Å². The topological polar surface area (TPSA) is 76.8 Å². The molecule has 0 bridgehead atoms. The van der Waals surface area contributed by atoms with Crippen molar-refractivity contribution in [2.24, 2.45) is 10.2 Å². The summed E-state index contributed by atoms with van der Waals surface area (Å²) in [7, 11) is 0. The van der Waals surface area contributed by atoms with Crippen molar-refractivity contribution in [2.45, 2.75) is 105 Å². The van der Waals surface area contributed by atoms with Crippen LogP contribution in [0.3, 0.4) is 0 Å². The second kappa shape index (κ2) is 8.20. The summed E-state index contributed by atoms with van der Waals surface area (Å²) >= 11 is 0. The van der Waals surface area contributed by atoms with Crippen molar-refractivity contribution in [3.05, 3.63) is 46.5 Å². The molecule has 2 aromatic rings. The average molecular weight is 437 g/mol. The molecule has 4 N–H and O–H groups in total. The van der Waals surface area contributed by atoms with Crippen LogP contribution < -0.4 is 11.5 Å². The van der Waals surface area contributed by atoms with Crippen molar-refractivity contribution in [1.29, 1.82) is 0 Å². The fraction of sp³-hybridized carbons (Fsp3) is 0.571. The van der Waals surface area contributed by atoms with Gasteiger partial charge in [0.1, 0.15) is 11.4 Å². The third-order valence-electron chi connectivity index (χ3n) is 5.88. The van der Waals surface area contributed by atoms with Gasteiger partial charge in [0.2, 0.25) is 0 Å². The maximum atomic E-state index is 6.54. The molecule has 0 saturated carbocycles. The van der Waals surface area contributed by atoms with Gasteiger partial charge in [0.05, 0.1) is 11.4 Å². The van der Waals surface area contributed by atoms with E-state index in [9.17, 15) is 0 Å². The smallest absolute Gasteiger partial charge is 0.112 e. The number of anilines is 2. The molecule has 0 atom stereocenters. The molecule has 0 heterocycles. The highest BCUT2D eigenvalue weighted by Gasteiger charge is 2.27. The maximum Gasteiger partial charge on any atom is 0.112 e. The molecule has 0 aromatic heterocycles. The molecule has 2 rings (SSSR count). The Hall–Kier alpha value is -2.36. The highest BCUT2D eigenvalue weighted by Crippen LogP contribution is 2.43. The number of nitrogens with zero attached hydrogens (tertiary/aromatic N) is 2. The zero-order chi connectivity index (χ0) is 24.9. The Morgan fingerprint density at radius 1 is 0.469 bits per heavy atom.